The maximum atomic E-state index is 5.65. The molecule has 7 heteroatoms. The Bertz CT molecular complexity index is 927. The third-order valence-electron chi connectivity index (χ3n) is 5.59. The molecule has 136 valence electrons. The van der Waals surface area contributed by atoms with Gasteiger partial charge in [-0.1, -0.05) is 6.07 Å². The first-order valence-corrected chi connectivity index (χ1v) is 9.34. The average molecular weight is 352 g/mol. The Balaban J connectivity index is 1.41. The topological polar surface area (TPSA) is 71.3 Å². The lowest BCUT2D eigenvalue weighted by Gasteiger charge is -2.20. The number of nitrogens with zero attached hydrogens (tertiary/aromatic N) is 5. The number of likely N-dealkylation sites (tertiary alicyclic amines) is 1. The van der Waals surface area contributed by atoms with E-state index < -0.39 is 0 Å². The summed E-state index contributed by atoms with van der Waals surface area (Å²) >= 11 is 0. The summed E-state index contributed by atoms with van der Waals surface area (Å²) in [6.07, 6.45) is 5.72. The highest BCUT2D eigenvalue weighted by atomic mass is 16.5. The molecule has 1 saturated carbocycles. The lowest BCUT2D eigenvalue weighted by molar-refractivity contribution is 0.107. The van der Waals surface area contributed by atoms with Crippen molar-refractivity contribution in [3.05, 3.63) is 47.4 Å². The molecule has 5 rings (SSSR count). The summed E-state index contributed by atoms with van der Waals surface area (Å²) in [7, 11) is 1.79. The highest BCUT2D eigenvalue weighted by Crippen LogP contribution is 2.39. The summed E-state index contributed by atoms with van der Waals surface area (Å²) in [6, 6.07) is 6.40. The summed E-state index contributed by atoms with van der Waals surface area (Å²) < 4.78 is 7.79. The summed E-state index contributed by atoms with van der Waals surface area (Å²) in [5.41, 5.74) is 3.26. The van der Waals surface area contributed by atoms with Gasteiger partial charge in [0.05, 0.1) is 17.8 Å². The molecule has 3 aromatic rings. The number of hydrogen-bond acceptors (Lipinski definition) is 5. The number of pyridine rings is 1. The second-order valence-electron chi connectivity index (χ2n) is 7.52. The molecule has 2 aliphatic rings. The number of H-pyrrole nitrogens is 1. The molecule has 2 atom stereocenters. The minimum Gasteiger partial charge on any atom is -0.380 e. The molecule has 0 spiro atoms. The molecule has 0 bridgehead atoms. The van der Waals surface area contributed by atoms with Gasteiger partial charge in [-0.05, 0) is 38.3 Å². The van der Waals surface area contributed by atoms with Crippen molar-refractivity contribution in [3.8, 4) is 0 Å². The zero-order chi connectivity index (χ0) is 17.7. The number of fused-ring (bicyclic) bond motifs is 1. The quantitative estimate of drug-likeness (QED) is 0.764. The molecule has 0 amide bonds. The van der Waals surface area contributed by atoms with Crippen LogP contribution in [0.5, 0.6) is 0 Å². The Morgan fingerprint density at radius 2 is 2.15 bits per heavy atom. The molecule has 1 N–H and O–H groups in total. The van der Waals surface area contributed by atoms with Crippen LogP contribution in [-0.2, 0) is 11.3 Å². The van der Waals surface area contributed by atoms with Crippen LogP contribution in [0.25, 0.3) is 5.65 Å². The fourth-order valence-corrected chi connectivity index (χ4v) is 3.94. The van der Waals surface area contributed by atoms with Gasteiger partial charge in [0.15, 0.2) is 5.82 Å². The standard InChI is InChI=1S/C19H24N6O/c1-12-4-3-5-17-20-14(10-25(12)17)9-24-11-15(26-2)8-16(24)19-21-18(22-23-19)13-6-7-13/h3-5,10,13,15-16H,6-9,11H2,1-2H3,(H,21,22,23)/t15-,16+/m1/s1. The van der Waals surface area contributed by atoms with E-state index >= 15 is 0 Å². The van der Waals surface area contributed by atoms with Crippen LogP contribution in [0.4, 0.5) is 0 Å². The molecule has 26 heavy (non-hydrogen) atoms. The van der Waals surface area contributed by atoms with Gasteiger partial charge in [-0.15, -0.1) is 0 Å². The summed E-state index contributed by atoms with van der Waals surface area (Å²) in [5, 5.41) is 7.62. The zero-order valence-corrected chi connectivity index (χ0v) is 15.2. The van der Waals surface area contributed by atoms with Crippen LogP contribution in [0.2, 0.25) is 0 Å². The predicted octanol–water partition coefficient (Wildman–Crippen LogP) is 2.60. The van der Waals surface area contributed by atoms with E-state index in [1.165, 1.54) is 18.5 Å². The van der Waals surface area contributed by atoms with Gasteiger partial charge in [0.2, 0.25) is 0 Å². The fourth-order valence-electron chi connectivity index (χ4n) is 3.94. The highest BCUT2D eigenvalue weighted by Gasteiger charge is 2.37. The number of aryl methyl sites for hydroxylation is 1. The Hall–Kier alpha value is -2.25. The first kappa shape index (κ1) is 16.0. The van der Waals surface area contributed by atoms with E-state index in [9.17, 15) is 0 Å². The van der Waals surface area contributed by atoms with Gasteiger partial charge in [-0.3, -0.25) is 10.00 Å². The number of imidazole rings is 1. The molecule has 4 heterocycles. The van der Waals surface area contributed by atoms with Crippen molar-refractivity contribution >= 4 is 5.65 Å². The second kappa shape index (κ2) is 6.17. The largest absolute Gasteiger partial charge is 0.380 e. The van der Waals surface area contributed by atoms with Crippen molar-refractivity contribution < 1.29 is 4.74 Å². The van der Waals surface area contributed by atoms with Gasteiger partial charge in [0.1, 0.15) is 11.5 Å². The van der Waals surface area contributed by atoms with E-state index in [1.54, 1.807) is 7.11 Å². The minimum absolute atomic E-state index is 0.200. The van der Waals surface area contributed by atoms with Crippen molar-refractivity contribution in [1.29, 1.82) is 0 Å². The second-order valence-corrected chi connectivity index (χ2v) is 7.52. The van der Waals surface area contributed by atoms with Crippen molar-refractivity contribution in [2.24, 2.45) is 0 Å². The molecule has 0 radical (unpaired) electrons. The van der Waals surface area contributed by atoms with Gasteiger partial charge < -0.3 is 9.14 Å². The molecule has 1 aliphatic heterocycles. The number of aromatic amines is 1. The Kier molecular flexibility index (Phi) is 3.79. The van der Waals surface area contributed by atoms with E-state index in [0.717, 1.165) is 42.5 Å². The van der Waals surface area contributed by atoms with Crippen LogP contribution < -0.4 is 0 Å². The summed E-state index contributed by atoms with van der Waals surface area (Å²) in [5.74, 6) is 2.50. The highest BCUT2D eigenvalue weighted by molar-refractivity contribution is 5.41. The SMILES string of the molecule is CO[C@@H]1C[C@@H](c2nc(C3CC3)n[nH]2)N(Cc2cn3c(C)cccc3n2)C1. The number of nitrogens with one attached hydrogen (secondary N) is 1. The van der Waals surface area contributed by atoms with Gasteiger partial charge in [0.25, 0.3) is 0 Å². The van der Waals surface area contributed by atoms with Crippen LogP contribution in [0.1, 0.15) is 54.3 Å². The average Bonchev–Trinajstić information content (AvgIpc) is 3.07. The van der Waals surface area contributed by atoms with E-state index in [4.69, 9.17) is 14.7 Å². The summed E-state index contributed by atoms with van der Waals surface area (Å²) in [6.45, 7) is 3.77. The Morgan fingerprint density at radius 1 is 1.27 bits per heavy atom. The molecule has 3 aromatic heterocycles. The molecule has 0 unspecified atom stereocenters. The normalized spacial score (nSPS) is 23.9. The van der Waals surface area contributed by atoms with Crippen molar-refractivity contribution in [3.63, 3.8) is 0 Å². The van der Waals surface area contributed by atoms with Gasteiger partial charge in [-0.2, -0.15) is 5.10 Å². The Morgan fingerprint density at radius 3 is 2.92 bits per heavy atom. The molecular weight excluding hydrogens is 328 g/mol. The monoisotopic (exact) mass is 352 g/mol. The van der Waals surface area contributed by atoms with E-state index in [0.29, 0.717) is 5.92 Å². The van der Waals surface area contributed by atoms with Gasteiger partial charge in [0, 0.05) is 38.0 Å². The molecule has 7 nitrogen and oxygen atoms in total. The number of aromatic nitrogens is 5. The first-order valence-electron chi connectivity index (χ1n) is 9.34. The third-order valence-corrected chi connectivity index (χ3v) is 5.59. The van der Waals surface area contributed by atoms with E-state index in [2.05, 4.69) is 44.8 Å². The number of ether oxygens (including phenoxy) is 1. The van der Waals surface area contributed by atoms with E-state index in [1.807, 2.05) is 6.07 Å². The Labute approximate surface area is 152 Å². The van der Waals surface area contributed by atoms with Crippen LogP contribution in [0.15, 0.2) is 24.4 Å². The van der Waals surface area contributed by atoms with Crippen molar-refractivity contribution in [2.45, 2.75) is 50.8 Å². The molecule has 0 aromatic carbocycles. The number of rotatable bonds is 5. The molecule has 1 saturated heterocycles. The lowest BCUT2D eigenvalue weighted by Crippen LogP contribution is -2.25. The smallest absolute Gasteiger partial charge is 0.153 e. The molecular formula is C19H24N6O. The molecule has 1 aliphatic carbocycles. The van der Waals surface area contributed by atoms with Crippen LogP contribution in [0.3, 0.4) is 0 Å². The van der Waals surface area contributed by atoms with Crippen LogP contribution >= 0.6 is 0 Å². The first-order chi connectivity index (χ1) is 12.7. The van der Waals surface area contributed by atoms with Crippen molar-refractivity contribution in [2.75, 3.05) is 13.7 Å². The van der Waals surface area contributed by atoms with Gasteiger partial charge >= 0.3 is 0 Å². The molecule has 2 fully saturated rings. The maximum absolute atomic E-state index is 5.65. The summed E-state index contributed by atoms with van der Waals surface area (Å²) in [4.78, 5) is 12.0. The minimum atomic E-state index is 0.200. The van der Waals surface area contributed by atoms with Gasteiger partial charge in [-0.25, -0.2) is 9.97 Å². The predicted molar refractivity (Wildman–Crippen MR) is 96.9 cm³/mol. The lowest BCUT2D eigenvalue weighted by atomic mass is 10.2. The van der Waals surface area contributed by atoms with Crippen LogP contribution in [0, 0.1) is 6.92 Å². The zero-order valence-electron chi connectivity index (χ0n) is 15.2. The van der Waals surface area contributed by atoms with E-state index in [-0.39, 0.29) is 12.1 Å². The van der Waals surface area contributed by atoms with Crippen molar-refractivity contribution in [1.82, 2.24) is 29.5 Å². The van der Waals surface area contributed by atoms with Crippen LogP contribution in [-0.4, -0.2) is 49.2 Å². The number of hydrogen-bond donors (Lipinski definition) is 1. The third kappa shape index (κ3) is 2.81. The fraction of sp³-hybridized carbons (Fsp3) is 0.526. The number of methoxy groups -OCH3 is 1. The maximum Gasteiger partial charge on any atom is 0.153 e.